The average molecular weight is 399 g/mol. The summed E-state index contributed by atoms with van der Waals surface area (Å²) in [4.78, 5) is 25.9. The number of morpholine rings is 1. The number of nitro benzene ring substituents is 1. The summed E-state index contributed by atoms with van der Waals surface area (Å²) in [7, 11) is 0. The Morgan fingerprint density at radius 1 is 1.25 bits per heavy atom. The van der Waals surface area contributed by atoms with E-state index in [1.807, 2.05) is 24.0 Å². The minimum absolute atomic E-state index is 0.132. The summed E-state index contributed by atoms with van der Waals surface area (Å²) in [6.07, 6.45) is 0. The number of amides is 1. The van der Waals surface area contributed by atoms with Crippen molar-refractivity contribution in [1.29, 1.82) is 0 Å². The van der Waals surface area contributed by atoms with Crippen LogP contribution in [0.1, 0.15) is 15.9 Å². The molecule has 1 N–H and O–H groups in total. The predicted octanol–water partition coefficient (Wildman–Crippen LogP) is 3.00. The molecule has 28 heavy (non-hydrogen) atoms. The van der Waals surface area contributed by atoms with Gasteiger partial charge in [-0.15, -0.1) is 0 Å². The van der Waals surface area contributed by atoms with Crippen molar-refractivity contribution in [2.45, 2.75) is 6.92 Å². The second kappa shape index (κ2) is 7.49. The molecular formula is C18H17N5O4S. The largest absolute Gasteiger partial charge is 0.378 e. The third-order valence-corrected chi connectivity index (χ3v) is 5.20. The maximum atomic E-state index is 13.1. The molecule has 0 spiro atoms. The van der Waals surface area contributed by atoms with Gasteiger partial charge >= 0.3 is 0 Å². The molecule has 4 rings (SSSR count). The first kappa shape index (κ1) is 18.3. The van der Waals surface area contributed by atoms with Gasteiger partial charge in [0.2, 0.25) is 0 Å². The van der Waals surface area contributed by atoms with E-state index in [2.05, 4.69) is 14.1 Å². The summed E-state index contributed by atoms with van der Waals surface area (Å²) in [6, 6.07) is 8.05. The normalized spacial score (nSPS) is 14.2. The van der Waals surface area contributed by atoms with Crippen LogP contribution in [0.15, 0.2) is 30.3 Å². The van der Waals surface area contributed by atoms with Gasteiger partial charge in [0.05, 0.1) is 46.8 Å². The number of anilines is 2. The zero-order chi connectivity index (χ0) is 19.7. The Kier molecular flexibility index (Phi) is 4.88. The molecule has 1 fully saturated rings. The predicted molar refractivity (Wildman–Crippen MR) is 106 cm³/mol. The Balaban J connectivity index is 1.74. The molecule has 1 aliphatic heterocycles. The van der Waals surface area contributed by atoms with E-state index in [9.17, 15) is 14.9 Å². The van der Waals surface area contributed by atoms with Crippen molar-refractivity contribution in [3.8, 4) is 0 Å². The van der Waals surface area contributed by atoms with Gasteiger partial charge in [0.25, 0.3) is 11.6 Å². The highest BCUT2D eigenvalue weighted by atomic mass is 32.1. The van der Waals surface area contributed by atoms with Crippen LogP contribution in [0.25, 0.3) is 11.0 Å². The Hall–Kier alpha value is -3.11. The van der Waals surface area contributed by atoms with Crippen LogP contribution in [0, 0.1) is 17.0 Å². The highest BCUT2D eigenvalue weighted by molar-refractivity contribution is 7.00. The van der Waals surface area contributed by atoms with Crippen LogP contribution in [0.5, 0.6) is 0 Å². The van der Waals surface area contributed by atoms with Crippen LogP contribution in [-0.2, 0) is 4.74 Å². The van der Waals surface area contributed by atoms with Gasteiger partial charge in [0.1, 0.15) is 11.0 Å². The van der Waals surface area contributed by atoms with E-state index >= 15 is 0 Å². The van der Waals surface area contributed by atoms with Crippen LogP contribution < -0.4 is 10.2 Å². The van der Waals surface area contributed by atoms with Gasteiger partial charge < -0.3 is 15.0 Å². The molecule has 0 bridgehead atoms. The minimum Gasteiger partial charge on any atom is -0.378 e. The first-order valence-electron chi connectivity index (χ1n) is 8.69. The van der Waals surface area contributed by atoms with E-state index in [-0.39, 0.29) is 11.3 Å². The van der Waals surface area contributed by atoms with Crippen LogP contribution in [0.4, 0.5) is 17.1 Å². The van der Waals surface area contributed by atoms with E-state index in [0.717, 1.165) is 17.3 Å². The molecule has 9 nitrogen and oxygen atoms in total. The average Bonchev–Trinajstić information content (AvgIpc) is 3.19. The molecule has 2 aromatic carbocycles. The Morgan fingerprint density at radius 2 is 2.04 bits per heavy atom. The van der Waals surface area contributed by atoms with Gasteiger partial charge in [-0.2, -0.15) is 8.75 Å². The molecule has 1 aromatic heterocycles. The lowest BCUT2D eigenvalue weighted by Crippen LogP contribution is -2.37. The fourth-order valence-corrected chi connectivity index (χ4v) is 3.73. The second-order valence-corrected chi connectivity index (χ2v) is 6.93. The lowest BCUT2D eigenvalue weighted by atomic mass is 10.1. The molecule has 0 radical (unpaired) electrons. The number of carbonyl (C=O) groups excluding carboxylic acids is 1. The zero-order valence-electron chi connectivity index (χ0n) is 15.0. The monoisotopic (exact) mass is 399 g/mol. The lowest BCUT2D eigenvalue weighted by molar-refractivity contribution is -0.384. The summed E-state index contributed by atoms with van der Waals surface area (Å²) < 4.78 is 13.8. The topological polar surface area (TPSA) is 110 Å². The second-order valence-electron chi connectivity index (χ2n) is 6.40. The van der Waals surface area contributed by atoms with E-state index < -0.39 is 10.8 Å². The molecule has 1 amide bonds. The smallest absolute Gasteiger partial charge is 0.270 e. The number of nitro groups is 1. The number of hydrogen-bond donors (Lipinski definition) is 1. The standard InChI is InChI=1S/C18H17N5O4S/c1-11-2-4-14-17(21-28-20-14)16(11)19-18(24)13-10-12(23(25)26)3-5-15(13)22-6-8-27-9-7-22/h2-5,10H,6-9H2,1H3,(H,19,24). The molecule has 3 aromatic rings. The molecule has 2 heterocycles. The van der Waals surface area contributed by atoms with Gasteiger partial charge in [0, 0.05) is 25.2 Å². The van der Waals surface area contributed by atoms with E-state index in [1.54, 1.807) is 6.07 Å². The SMILES string of the molecule is Cc1ccc2nsnc2c1NC(=O)c1cc([N+](=O)[O-])ccc1N1CCOCC1. The number of fused-ring (bicyclic) bond motifs is 1. The number of benzene rings is 2. The summed E-state index contributed by atoms with van der Waals surface area (Å²) in [5, 5.41) is 14.1. The molecule has 0 atom stereocenters. The molecule has 10 heteroatoms. The van der Waals surface area contributed by atoms with Crippen LogP contribution in [0.3, 0.4) is 0 Å². The highest BCUT2D eigenvalue weighted by Gasteiger charge is 2.23. The molecule has 1 aliphatic rings. The van der Waals surface area contributed by atoms with Crippen molar-refractivity contribution in [3.05, 3.63) is 51.6 Å². The molecule has 0 saturated carbocycles. The first-order chi connectivity index (χ1) is 13.5. The number of non-ortho nitro benzene ring substituents is 1. The fourth-order valence-electron chi connectivity index (χ4n) is 3.19. The summed E-state index contributed by atoms with van der Waals surface area (Å²) in [5.41, 5.74) is 3.47. The Morgan fingerprint density at radius 3 is 2.79 bits per heavy atom. The number of carbonyl (C=O) groups is 1. The van der Waals surface area contributed by atoms with E-state index in [1.165, 1.54) is 12.1 Å². The number of nitrogens with one attached hydrogen (secondary N) is 1. The van der Waals surface area contributed by atoms with Crippen molar-refractivity contribution in [2.75, 3.05) is 36.5 Å². The maximum absolute atomic E-state index is 13.1. The van der Waals surface area contributed by atoms with E-state index in [4.69, 9.17) is 4.74 Å². The first-order valence-corrected chi connectivity index (χ1v) is 9.42. The minimum atomic E-state index is -0.504. The van der Waals surface area contributed by atoms with Crippen molar-refractivity contribution in [1.82, 2.24) is 8.75 Å². The maximum Gasteiger partial charge on any atom is 0.270 e. The number of aryl methyl sites for hydroxylation is 1. The quantitative estimate of drug-likeness (QED) is 0.530. The van der Waals surface area contributed by atoms with Gasteiger partial charge in [-0.25, -0.2) is 0 Å². The Bertz CT molecular complexity index is 1060. The summed E-state index contributed by atoms with van der Waals surface area (Å²) in [6.45, 7) is 4.18. The number of aromatic nitrogens is 2. The van der Waals surface area contributed by atoms with E-state index in [0.29, 0.717) is 48.7 Å². The summed E-state index contributed by atoms with van der Waals surface area (Å²) >= 11 is 1.07. The highest BCUT2D eigenvalue weighted by Crippen LogP contribution is 2.30. The van der Waals surface area contributed by atoms with Crippen molar-refractivity contribution in [2.24, 2.45) is 0 Å². The molecule has 144 valence electrons. The number of ether oxygens (including phenoxy) is 1. The molecule has 1 saturated heterocycles. The lowest BCUT2D eigenvalue weighted by Gasteiger charge is -2.30. The summed E-state index contributed by atoms with van der Waals surface area (Å²) in [5.74, 6) is -0.422. The fraction of sp³-hybridized carbons (Fsp3) is 0.278. The number of nitrogens with zero attached hydrogens (tertiary/aromatic N) is 4. The van der Waals surface area contributed by atoms with Crippen LogP contribution in [-0.4, -0.2) is 45.9 Å². The zero-order valence-corrected chi connectivity index (χ0v) is 15.9. The third kappa shape index (κ3) is 3.39. The van der Waals surface area contributed by atoms with Crippen LogP contribution >= 0.6 is 11.7 Å². The van der Waals surface area contributed by atoms with Crippen LogP contribution in [0.2, 0.25) is 0 Å². The van der Waals surface area contributed by atoms with Crippen molar-refractivity contribution in [3.63, 3.8) is 0 Å². The van der Waals surface area contributed by atoms with Gasteiger partial charge in [0.15, 0.2) is 0 Å². The number of hydrogen-bond acceptors (Lipinski definition) is 8. The molecule has 0 aliphatic carbocycles. The van der Waals surface area contributed by atoms with Crippen molar-refractivity contribution >= 4 is 45.7 Å². The van der Waals surface area contributed by atoms with Crippen molar-refractivity contribution < 1.29 is 14.5 Å². The molecular weight excluding hydrogens is 382 g/mol. The Labute approximate surface area is 164 Å². The molecule has 0 unspecified atom stereocenters. The van der Waals surface area contributed by atoms with Gasteiger partial charge in [-0.3, -0.25) is 14.9 Å². The van der Waals surface area contributed by atoms with Gasteiger partial charge in [-0.1, -0.05) is 6.07 Å². The number of rotatable bonds is 4. The third-order valence-electron chi connectivity index (χ3n) is 4.66. The van der Waals surface area contributed by atoms with Gasteiger partial charge in [-0.05, 0) is 24.6 Å².